The average molecular weight is 451 g/mol. The number of carbonyl (C=O) groups excluding carboxylic acids is 1. The summed E-state index contributed by atoms with van der Waals surface area (Å²) in [5.74, 6) is 1.06. The Morgan fingerprint density at radius 2 is 1.91 bits per heavy atom. The minimum Gasteiger partial charge on any atom is -0.497 e. The maximum absolute atomic E-state index is 12.6. The number of anilines is 2. The molecule has 0 aliphatic carbocycles. The molecule has 5 aromatic rings. The molecule has 3 heterocycles. The van der Waals surface area contributed by atoms with Crippen molar-refractivity contribution in [1.29, 1.82) is 0 Å². The zero-order valence-corrected chi connectivity index (χ0v) is 18.5. The molecule has 1 amide bonds. The van der Waals surface area contributed by atoms with E-state index in [0.717, 1.165) is 33.8 Å². The molecule has 0 unspecified atom stereocenters. The lowest BCUT2D eigenvalue weighted by atomic mass is 10.1. The first kappa shape index (κ1) is 21.1. The van der Waals surface area contributed by atoms with Crippen molar-refractivity contribution < 1.29 is 9.53 Å². The third kappa shape index (κ3) is 4.56. The molecule has 0 saturated heterocycles. The molecule has 0 aliphatic rings. The molecule has 34 heavy (non-hydrogen) atoms. The highest BCUT2D eigenvalue weighted by molar-refractivity contribution is 5.95. The van der Waals surface area contributed by atoms with Crippen molar-refractivity contribution in [1.82, 2.24) is 24.9 Å². The van der Waals surface area contributed by atoms with Gasteiger partial charge >= 0.3 is 0 Å². The number of nitrogens with zero attached hydrogens (tertiary/aromatic N) is 4. The van der Waals surface area contributed by atoms with Gasteiger partial charge in [0.2, 0.25) is 5.95 Å². The number of nitrogens with one attached hydrogen (secondary N) is 2. The predicted molar refractivity (Wildman–Crippen MR) is 130 cm³/mol. The molecule has 0 radical (unpaired) electrons. The topological polar surface area (TPSA) is 93.4 Å². The molecule has 2 aromatic carbocycles. The van der Waals surface area contributed by atoms with Crippen LogP contribution >= 0.6 is 0 Å². The molecule has 0 aliphatic heterocycles. The predicted octanol–water partition coefficient (Wildman–Crippen LogP) is 4.47. The Hall–Kier alpha value is -4.72. The summed E-state index contributed by atoms with van der Waals surface area (Å²) in [7, 11) is 1.64. The van der Waals surface area contributed by atoms with Crippen LogP contribution in [0.4, 0.5) is 11.6 Å². The van der Waals surface area contributed by atoms with Crippen LogP contribution in [0.1, 0.15) is 15.9 Å². The van der Waals surface area contributed by atoms with Gasteiger partial charge in [-0.1, -0.05) is 24.3 Å². The minimum atomic E-state index is -0.169. The van der Waals surface area contributed by atoms with E-state index in [0.29, 0.717) is 18.1 Å². The number of amides is 1. The van der Waals surface area contributed by atoms with Crippen LogP contribution in [0.5, 0.6) is 5.75 Å². The average Bonchev–Trinajstić information content (AvgIpc) is 3.30. The summed E-state index contributed by atoms with van der Waals surface area (Å²) < 4.78 is 6.98. The van der Waals surface area contributed by atoms with Gasteiger partial charge in [-0.2, -0.15) is 4.98 Å². The van der Waals surface area contributed by atoms with E-state index in [2.05, 4.69) is 25.7 Å². The number of fused-ring (bicyclic) bond motifs is 1. The lowest BCUT2D eigenvalue weighted by molar-refractivity contribution is 0.0951. The van der Waals surface area contributed by atoms with E-state index >= 15 is 0 Å². The zero-order valence-electron chi connectivity index (χ0n) is 18.5. The molecular formula is C26H22N6O2. The summed E-state index contributed by atoms with van der Waals surface area (Å²) in [6.07, 6.45) is 5.28. The summed E-state index contributed by atoms with van der Waals surface area (Å²) in [5.41, 5.74) is 4.88. The first-order valence-electron chi connectivity index (χ1n) is 10.7. The molecule has 0 fully saturated rings. The molecule has 168 valence electrons. The van der Waals surface area contributed by atoms with Crippen molar-refractivity contribution in [3.8, 4) is 16.9 Å². The first-order valence-corrected chi connectivity index (χ1v) is 10.7. The first-order chi connectivity index (χ1) is 16.7. The number of benzene rings is 2. The van der Waals surface area contributed by atoms with Crippen LogP contribution in [0, 0.1) is 0 Å². The highest BCUT2D eigenvalue weighted by Gasteiger charge is 2.11. The Morgan fingerprint density at radius 3 is 2.71 bits per heavy atom. The fourth-order valence-corrected chi connectivity index (χ4v) is 3.61. The minimum absolute atomic E-state index is 0.169. The molecular weight excluding hydrogens is 428 g/mol. The molecule has 0 bridgehead atoms. The number of pyridine rings is 2. The fraction of sp³-hybridized carbons (Fsp3) is 0.0769. The Kier molecular flexibility index (Phi) is 5.85. The number of hydrogen-bond acceptors (Lipinski definition) is 6. The van der Waals surface area contributed by atoms with Crippen LogP contribution in [0.2, 0.25) is 0 Å². The SMILES string of the molecule is COc1ccc(-c2cccn3nc(Nc4cccc(C(=O)NCc5cccnc5)c4)nc23)cc1. The fourth-order valence-electron chi connectivity index (χ4n) is 3.61. The summed E-state index contributed by atoms with van der Waals surface area (Å²) in [4.78, 5) is 21.4. The molecule has 5 rings (SSSR count). The van der Waals surface area contributed by atoms with Crippen LogP contribution in [0.25, 0.3) is 16.8 Å². The van der Waals surface area contributed by atoms with E-state index in [4.69, 9.17) is 4.74 Å². The van der Waals surface area contributed by atoms with Crippen LogP contribution in [-0.2, 0) is 6.54 Å². The van der Waals surface area contributed by atoms with Crippen molar-refractivity contribution in [2.45, 2.75) is 6.54 Å². The molecule has 0 saturated carbocycles. The highest BCUT2D eigenvalue weighted by Crippen LogP contribution is 2.26. The molecule has 3 aromatic heterocycles. The molecule has 8 nitrogen and oxygen atoms in total. The monoisotopic (exact) mass is 450 g/mol. The van der Waals surface area contributed by atoms with Gasteiger partial charge in [-0.15, -0.1) is 5.10 Å². The highest BCUT2D eigenvalue weighted by atomic mass is 16.5. The lowest BCUT2D eigenvalue weighted by Crippen LogP contribution is -2.22. The standard InChI is InChI=1S/C26H22N6O2/c1-34-22-11-9-19(10-12-22)23-8-4-14-32-24(23)30-26(31-32)29-21-7-2-6-20(15-21)25(33)28-17-18-5-3-13-27-16-18/h2-16H,17H2,1H3,(H,28,33)(H,29,31). The van der Waals surface area contributed by atoms with E-state index in [1.165, 1.54) is 0 Å². The maximum atomic E-state index is 12.6. The van der Waals surface area contributed by atoms with Crippen molar-refractivity contribution >= 4 is 23.2 Å². The van der Waals surface area contributed by atoms with E-state index < -0.39 is 0 Å². The van der Waals surface area contributed by atoms with Gasteiger partial charge in [0.05, 0.1) is 7.11 Å². The quantitative estimate of drug-likeness (QED) is 0.380. The zero-order chi connectivity index (χ0) is 23.3. The summed E-state index contributed by atoms with van der Waals surface area (Å²) >= 11 is 0. The van der Waals surface area contributed by atoms with Crippen molar-refractivity contribution in [3.05, 3.63) is 103 Å². The molecule has 0 atom stereocenters. The Labute approximate surface area is 196 Å². The lowest BCUT2D eigenvalue weighted by Gasteiger charge is -2.07. The largest absolute Gasteiger partial charge is 0.497 e. The Bertz CT molecular complexity index is 1430. The number of aromatic nitrogens is 4. The van der Waals surface area contributed by atoms with Gasteiger partial charge in [0.15, 0.2) is 5.65 Å². The van der Waals surface area contributed by atoms with Gasteiger partial charge in [0.25, 0.3) is 5.91 Å². The summed E-state index contributed by atoms with van der Waals surface area (Å²) in [5, 5.41) is 10.7. The number of carbonyl (C=O) groups is 1. The second-order valence-corrected chi connectivity index (χ2v) is 7.60. The van der Waals surface area contributed by atoms with Crippen molar-refractivity contribution in [2.24, 2.45) is 0 Å². The van der Waals surface area contributed by atoms with Crippen molar-refractivity contribution in [3.63, 3.8) is 0 Å². The van der Waals surface area contributed by atoms with Crippen LogP contribution in [0.3, 0.4) is 0 Å². The number of hydrogen-bond donors (Lipinski definition) is 2. The third-order valence-electron chi connectivity index (χ3n) is 5.32. The second kappa shape index (κ2) is 9.41. The third-order valence-corrected chi connectivity index (χ3v) is 5.32. The normalized spacial score (nSPS) is 10.7. The van der Waals surface area contributed by atoms with E-state index in [9.17, 15) is 4.79 Å². The summed E-state index contributed by atoms with van der Waals surface area (Å²) in [6, 6.07) is 22.7. The van der Waals surface area contributed by atoms with E-state index in [-0.39, 0.29) is 5.91 Å². The van der Waals surface area contributed by atoms with Crippen molar-refractivity contribution in [2.75, 3.05) is 12.4 Å². The number of rotatable bonds is 7. The molecule has 0 spiro atoms. The Balaban J connectivity index is 1.34. The number of ether oxygens (including phenoxy) is 1. The molecule has 2 N–H and O–H groups in total. The van der Waals surface area contributed by atoms with Gasteiger partial charge < -0.3 is 15.4 Å². The summed E-state index contributed by atoms with van der Waals surface area (Å²) in [6.45, 7) is 0.409. The van der Waals surface area contributed by atoms with Crippen LogP contribution in [-0.4, -0.2) is 32.6 Å². The van der Waals surface area contributed by atoms with Gasteiger partial charge in [-0.3, -0.25) is 9.78 Å². The second-order valence-electron chi connectivity index (χ2n) is 7.60. The maximum Gasteiger partial charge on any atom is 0.251 e. The Morgan fingerprint density at radius 1 is 1.03 bits per heavy atom. The van der Waals surface area contributed by atoms with Gasteiger partial charge in [-0.05, 0) is 59.7 Å². The van der Waals surface area contributed by atoms with Gasteiger partial charge in [-0.25, -0.2) is 4.52 Å². The smallest absolute Gasteiger partial charge is 0.251 e. The number of methoxy groups -OCH3 is 1. The van der Waals surface area contributed by atoms with Gasteiger partial charge in [0, 0.05) is 41.9 Å². The van der Waals surface area contributed by atoms with Gasteiger partial charge in [0.1, 0.15) is 5.75 Å². The van der Waals surface area contributed by atoms with Crippen LogP contribution < -0.4 is 15.4 Å². The van der Waals surface area contributed by atoms with Crippen LogP contribution in [0.15, 0.2) is 91.4 Å². The van der Waals surface area contributed by atoms with E-state index in [1.807, 2.05) is 66.9 Å². The molecule has 8 heteroatoms. The van der Waals surface area contributed by atoms with E-state index in [1.54, 1.807) is 36.2 Å².